The number of fused-ring (bicyclic) bond motifs is 9. The summed E-state index contributed by atoms with van der Waals surface area (Å²) in [7, 11) is 0. The number of hydrogen-bond donors (Lipinski definition) is 0. The monoisotopic (exact) mass is 653 g/mol. The van der Waals surface area contributed by atoms with Gasteiger partial charge in [0.05, 0.1) is 16.6 Å². The first-order valence-electron chi connectivity index (χ1n) is 12.2. The second-order valence-electron chi connectivity index (χ2n) is 9.24. The molecule has 0 aliphatic rings. The predicted molar refractivity (Wildman–Crippen MR) is 149 cm³/mol. The van der Waals surface area contributed by atoms with E-state index in [-0.39, 0.29) is 21.1 Å². The summed E-state index contributed by atoms with van der Waals surface area (Å²) in [5, 5.41) is 10.7. The van der Waals surface area contributed by atoms with Crippen LogP contribution in [0.25, 0.3) is 65.8 Å². The van der Waals surface area contributed by atoms with Crippen molar-refractivity contribution in [3.05, 3.63) is 128 Å². The van der Waals surface area contributed by atoms with Crippen LogP contribution in [0.3, 0.4) is 0 Å². The average Bonchev–Trinajstić information content (AvgIpc) is 3.57. The summed E-state index contributed by atoms with van der Waals surface area (Å²) in [5.74, 6) is 0. The first-order valence-corrected chi connectivity index (χ1v) is 12.2. The van der Waals surface area contributed by atoms with E-state index in [1.807, 2.05) is 22.8 Å². The van der Waals surface area contributed by atoms with Gasteiger partial charge in [-0.15, -0.1) is 5.39 Å². The van der Waals surface area contributed by atoms with Crippen LogP contribution in [0.1, 0.15) is 0 Å². The number of benzene rings is 5. The zero-order valence-corrected chi connectivity index (χ0v) is 22.0. The van der Waals surface area contributed by atoms with Crippen LogP contribution in [0.2, 0.25) is 0 Å². The molecule has 8 rings (SSSR count). The Morgan fingerprint density at radius 1 is 0.541 bits per heavy atom. The zero-order chi connectivity index (χ0) is 23.6. The Morgan fingerprint density at radius 3 is 2.14 bits per heavy atom. The topological polar surface area (TPSA) is 22.2 Å². The molecule has 0 N–H and O–H groups in total. The van der Waals surface area contributed by atoms with Crippen molar-refractivity contribution >= 4 is 49.0 Å². The van der Waals surface area contributed by atoms with Crippen LogP contribution in [-0.2, 0) is 21.1 Å². The van der Waals surface area contributed by atoms with Crippen LogP contribution in [0.15, 0.2) is 121 Å². The van der Waals surface area contributed by atoms with Crippen LogP contribution < -0.4 is 0 Å². The molecule has 0 aliphatic carbocycles. The van der Waals surface area contributed by atoms with Gasteiger partial charge in [0, 0.05) is 43.7 Å². The second kappa shape index (κ2) is 8.43. The third kappa shape index (κ3) is 3.21. The fourth-order valence-electron chi connectivity index (χ4n) is 5.68. The van der Waals surface area contributed by atoms with Crippen molar-refractivity contribution < 1.29 is 21.1 Å². The molecule has 0 saturated carbocycles. The molecule has 37 heavy (non-hydrogen) atoms. The number of nitrogens with zero attached hydrogens (tertiary/aromatic N) is 3. The summed E-state index contributed by atoms with van der Waals surface area (Å²) in [4.78, 5) is 0. The smallest absolute Gasteiger partial charge is 0.0711 e. The summed E-state index contributed by atoms with van der Waals surface area (Å²) in [6.45, 7) is 0. The SMILES string of the molecule is [Pt].[c-]1cccc2c3cc(-c4ccc5c(c4)c4ccccc4n5-c4ccccc4)ccc3c3ccnn3c12. The molecular formula is C33H20N3Pt-. The van der Waals surface area contributed by atoms with Gasteiger partial charge in [0.2, 0.25) is 0 Å². The van der Waals surface area contributed by atoms with Gasteiger partial charge >= 0.3 is 0 Å². The Kier molecular flexibility index (Phi) is 5.02. The van der Waals surface area contributed by atoms with Crippen molar-refractivity contribution in [2.45, 2.75) is 0 Å². The molecule has 0 fully saturated rings. The molecule has 8 aromatic rings. The zero-order valence-electron chi connectivity index (χ0n) is 19.7. The molecule has 0 bridgehead atoms. The number of hydrogen-bond acceptors (Lipinski definition) is 1. The number of para-hydroxylation sites is 3. The van der Waals surface area contributed by atoms with Crippen molar-refractivity contribution in [2.75, 3.05) is 0 Å². The van der Waals surface area contributed by atoms with Crippen molar-refractivity contribution in [3.8, 4) is 16.8 Å². The van der Waals surface area contributed by atoms with Gasteiger partial charge in [0.25, 0.3) is 0 Å². The maximum absolute atomic E-state index is 4.55. The van der Waals surface area contributed by atoms with E-state index in [0.29, 0.717) is 0 Å². The standard InChI is InChI=1S/C33H20N3.Pt/c1-2-8-24(9-3-1)35-30-12-6-4-11-26(30)29-21-23(15-17-31(29)35)22-14-16-27-28(20-22)25-10-5-7-13-32(25)36-33(27)18-19-34-36;/h1-12,14-21H;/q-1;. The summed E-state index contributed by atoms with van der Waals surface area (Å²) in [6.07, 6.45) is 1.86. The normalized spacial score (nSPS) is 11.6. The van der Waals surface area contributed by atoms with Crippen LogP contribution in [0, 0.1) is 6.07 Å². The van der Waals surface area contributed by atoms with E-state index in [1.54, 1.807) is 0 Å². The first kappa shape index (κ1) is 22.0. The maximum Gasteiger partial charge on any atom is 0.0711 e. The molecule has 3 aromatic heterocycles. The van der Waals surface area contributed by atoms with Crippen LogP contribution in [0.5, 0.6) is 0 Å². The van der Waals surface area contributed by atoms with E-state index in [9.17, 15) is 0 Å². The Balaban J connectivity index is 0.00000231. The molecule has 3 heterocycles. The third-order valence-corrected chi connectivity index (χ3v) is 7.29. The molecule has 0 radical (unpaired) electrons. The van der Waals surface area contributed by atoms with Crippen molar-refractivity contribution in [1.82, 2.24) is 14.2 Å². The van der Waals surface area contributed by atoms with E-state index in [1.165, 1.54) is 49.4 Å². The predicted octanol–water partition coefficient (Wildman–Crippen LogP) is 8.20. The van der Waals surface area contributed by atoms with Gasteiger partial charge in [-0.3, -0.25) is 4.52 Å². The van der Waals surface area contributed by atoms with Crippen molar-refractivity contribution in [1.29, 1.82) is 0 Å². The summed E-state index contributed by atoms with van der Waals surface area (Å²) in [5.41, 5.74) is 8.13. The molecule has 5 aromatic carbocycles. The molecule has 0 saturated heterocycles. The Bertz CT molecular complexity index is 2100. The van der Waals surface area contributed by atoms with Gasteiger partial charge in [-0.05, 0) is 58.4 Å². The summed E-state index contributed by atoms with van der Waals surface area (Å²) < 4.78 is 4.34. The molecule has 3 nitrogen and oxygen atoms in total. The fraction of sp³-hybridized carbons (Fsp3) is 0. The minimum atomic E-state index is 0. The molecule has 4 heteroatoms. The number of aromatic nitrogens is 3. The van der Waals surface area contributed by atoms with Crippen LogP contribution >= 0.6 is 0 Å². The van der Waals surface area contributed by atoms with Gasteiger partial charge in [0.1, 0.15) is 0 Å². The van der Waals surface area contributed by atoms with Gasteiger partial charge < -0.3 is 4.57 Å². The summed E-state index contributed by atoms with van der Waals surface area (Å²) >= 11 is 0. The van der Waals surface area contributed by atoms with Gasteiger partial charge in [-0.25, -0.2) is 0 Å². The van der Waals surface area contributed by atoms with Crippen molar-refractivity contribution in [2.24, 2.45) is 0 Å². The van der Waals surface area contributed by atoms with Gasteiger partial charge in [0.15, 0.2) is 0 Å². The average molecular weight is 654 g/mol. The quantitative estimate of drug-likeness (QED) is 0.136. The number of pyridine rings is 1. The fourth-order valence-corrected chi connectivity index (χ4v) is 5.68. The molecule has 0 unspecified atom stereocenters. The summed E-state index contributed by atoms with van der Waals surface area (Å²) in [6, 6.07) is 44.5. The molecular weight excluding hydrogens is 633 g/mol. The van der Waals surface area contributed by atoms with Gasteiger partial charge in [-0.1, -0.05) is 66.0 Å². The largest absolute Gasteiger partial charge is 0.309 e. The van der Waals surface area contributed by atoms with Crippen LogP contribution in [-0.4, -0.2) is 14.2 Å². The first-order chi connectivity index (χ1) is 17.9. The second-order valence-corrected chi connectivity index (χ2v) is 9.24. The minimum Gasteiger partial charge on any atom is -0.309 e. The Morgan fingerprint density at radius 2 is 1.24 bits per heavy atom. The van der Waals surface area contributed by atoms with E-state index in [4.69, 9.17) is 0 Å². The molecule has 0 aliphatic heterocycles. The molecule has 178 valence electrons. The molecule has 0 amide bonds. The van der Waals surface area contributed by atoms with E-state index < -0.39 is 0 Å². The third-order valence-electron chi connectivity index (χ3n) is 7.29. The Labute approximate surface area is 227 Å². The molecule has 0 spiro atoms. The van der Waals surface area contributed by atoms with E-state index in [2.05, 4.69) is 119 Å². The van der Waals surface area contributed by atoms with Crippen LogP contribution in [0.4, 0.5) is 0 Å². The maximum atomic E-state index is 4.55. The van der Waals surface area contributed by atoms with Gasteiger partial charge in [-0.2, -0.15) is 29.4 Å². The molecule has 0 atom stereocenters. The number of rotatable bonds is 2. The van der Waals surface area contributed by atoms with Crippen molar-refractivity contribution in [3.63, 3.8) is 0 Å². The van der Waals surface area contributed by atoms with E-state index >= 15 is 0 Å². The Hall–Kier alpha value is -4.20. The van der Waals surface area contributed by atoms with E-state index in [0.717, 1.165) is 16.4 Å². The minimum absolute atomic E-state index is 0.